The molecule has 0 radical (unpaired) electrons. The van der Waals surface area contributed by atoms with Crippen LogP contribution in [0.1, 0.15) is 12.8 Å². The Morgan fingerprint density at radius 1 is 1.45 bits per heavy atom. The molecule has 1 aliphatic heterocycles. The molecule has 2 rings (SSSR count). The Bertz CT molecular complexity index is 528. The van der Waals surface area contributed by atoms with Crippen molar-refractivity contribution in [2.45, 2.75) is 25.0 Å². The molecule has 1 fully saturated rings. The van der Waals surface area contributed by atoms with Crippen LogP contribution in [-0.4, -0.2) is 49.7 Å². The van der Waals surface area contributed by atoms with Crippen molar-refractivity contribution in [2.24, 2.45) is 5.73 Å². The van der Waals surface area contributed by atoms with Gasteiger partial charge in [0.05, 0.1) is 22.7 Å². The number of hydrogen-bond donors (Lipinski definition) is 2. The van der Waals surface area contributed by atoms with Crippen LogP contribution in [0.5, 0.6) is 0 Å². The first-order valence-corrected chi connectivity index (χ1v) is 8.01. The fourth-order valence-electron chi connectivity index (χ4n) is 2.69. The summed E-state index contributed by atoms with van der Waals surface area (Å²) in [5, 5.41) is 3.71. The quantitative estimate of drug-likeness (QED) is 0.859. The van der Waals surface area contributed by atoms with E-state index < -0.39 is 0 Å². The molecule has 22 heavy (non-hydrogen) atoms. The van der Waals surface area contributed by atoms with Gasteiger partial charge in [0, 0.05) is 31.9 Å². The molecule has 1 aromatic rings. The third-order valence-corrected chi connectivity index (χ3v) is 4.68. The molecule has 1 aromatic carbocycles. The minimum atomic E-state index is -0.0901. The molecule has 0 spiro atoms. The lowest BCUT2D eigenvalue weighted by atomic mass is 9.99. The molecule has 122 valence electrons. The van der Waals surface area contributed by atoms with E-state index in [1.54, 1.807) is 25.3 Å². The van der Waals surface area contributed by atoms with Gasteiger partial charge in [0.2, 0.25) is 5.91 Å². The molecule has 1 heterocycles. The summed E-state index contributed by atoms with van der Waals surface area (Å²) in [6.07, 6.45) is 1.99. The van der Waals surface area contributed by atoms with E-state index in [2.05, 4.69) is 10.2 Å². The third kappa shape index (κ3) is 4.57. The number of amides is 1. The Morgan fingerprint density at radius 2 is 2.23 bits per heavy atom. The lowest BCUT2D eigenvalue weighted by Crippen LogP contribution is -2.50. The number of carbonyl (C=O) groups excluding carboxylic acids is 1. The summed E-state index contributed by atoms with van der Waals surface area (Å²) in [4.78, 5) is 14.3. The van der Waals surface area contributed by atoms with Crippen LogP contribution in [0.2, 0.25) is 10.0 Å². The van der Waals surface area contributed by atoms with E-state index in [1.807, 2.05) is 0 Å². The van der Waals surface area contributed by atoms with E-state index in [9.17, 15) is 4.79 Å². The maximum Gasteiger partial charge on any atom is 0.238 e. The van der Waals surface area contributed by atoms with Crippen molar-refractivity contribution in [3.8, 4) is 0 Å². The van der Waals surface area contributed by atoms with Gasteiger partial charge in [0.1, 0.15) is 0 Å². The first-order chi connectivity index (χ1) is 10.5. The number of likely N-dealkylation sites (tertiary alicyclic amines) is 1. The maximum atomic E-state index is 12.2. The van der Waals surface area contributed by atoms with Crippen molar-refractivity contribution in [3.63, 3.8) is 0 Å². The van der Waals surface area contributed by atoms with Gasteiger partial charge in [-0.3, -0.25) is 9.69 Å². The summed E-state index contributed by atoms with van der Waals surface area (Å²) in [5.74, 6) is -0.0901. The predicted octanol–water partition coefficient (Wildman–Crippen LogP) is 2.37. The number of methoxy groups -OCH3 is 1. The van der Waals surface area contributed by atoms with E-state index in [4.69, 9.17) is 33.7 Å². The zero-order valence-corrected chi connectivity index (χ0v) is 14.0. The number of rotatable bonds is 5. The van der Waals surface area contributed by atoms with Crippen LogP contribution in [0, 0.1) is 0 Å². The highest BCUT2D eigenvalue weighted by Crippen LogP contribution is 2.25. The number of nitrogens with one attached hydrogen (secondary N) is 1. The summed E-state index contributed by atoms with van der Waals surface area (Å²) >= 11 is 11.8. The monoisotopic (exact) mass is 345 g/mol. The summed E-state index contributed by atoms with van der Waals surface area (Å²) in [7, 11) is 1.71. The molecule has 3 N–H and O–H groups in total. The molecule has 1 amide bonds. The lowest BCUT2D eigenvalue weighted by molar-refractivity contribution is -0.118. The molecular weight excluding hydrogens is 325 g/mol. The summed E-state index contributed by atoms with van der Waals surface area (Å²) in [6.45, 7) is 1.62. The maximum absolute atomic E-state index is 12.2. The van der Waals surface area contributed by atoms with Crippen LogP contribution in [0.3, 0.4) is 0 Å². The zero-order chi connectivity index (χ0) is 16.1. The fourth-order valence-corrected chi connectivity index (χ4v) is 2.99. The van der Waals surface area contributed by atoms with E-state index in [0.717, 1.165) is 19.4 Å². The topological polar surface area (TPSA) is 67.6 Å². The molecule has 0 bridgehead atoms. The standard InChI is InChI=1S/C15H21Cl2N3O2/c1-22-12-4-5-20(11(7-12)8-18)9-15(21)19-10-2-3-13(16)14(17)6-10/h2-3,6,11-12H,4-5,7-9,18H2,1H3,(H,19,21). The van der Waals surface area contributed by atoms with Crippen molar-refractivity contribution in [3.05, 3.63) is 28.2 Å². The first-order valence-electron chi connectivity index (χ1n) is 7.25. The van der Waals surface area contributed by atoms with Crippen molar-refractivity contribution in [2.75, 3.05) is 32.1 Å². The molecular formula is C15H21Cl2N3O2. The van der Waals surface area contributed by atoms with Gasteiger partial charge in [-0.05, 0) is 31.0 Å². The number of benzene rings is 1. The van der Waals surface area contributed by atoms with Gasteiger partial charge in [0.25, 0.3) is 0 Å². The average molecular weight is 346 g/mol. The zero-order valence-electron chi connectivity index (χ0n) is 12.5. The van der Waals surface area contributed by atoms with Crippen molar-refractivity contribution in [1.29, 1.82) is 0 Å². The van der Waals surface area contributed by atoms with Crippen molar-refractivity contribution in [1.82, 2.24) is 4.90 Å². The van der Waals surface area contributed by atoms with Gasteiger partial charge in [-0.1, -0.05) is 23.2 Å². The van der Waals surface area contributed by atoms with Gasteiger partial charge in [-0.15, -0.1) is 0 Å². The van der Waals surface area contributed by atoms with Gasteiger partial charge in [-0.2, -0.15) is 0 Å². The largest absolute Gasteiger partial charge is 0.381 e. The van der Waals surface area contributed by atoms with Crippen LogP contribution >= 0.6 is 23.2 Å². The Kier molecular flexibility index (Phi) is 6.47. The second kappa shape index (κ2) is 8.13. The minimum absolute atomic E-state index is 0.0901. The Balaban J connectivity index is 1.92. The Morgan fingerprint density at radius 3 is 2.86 bits per heavy atom. The molecule has 0 aliphatic carbocycles. The average Bonchev–Trinajstić information content (AvgIpc) is 2.51. The van der Waals surface area contributed by atoms with E-state index >= 15 is 0 Å². The molecule has 2 unspecified atom stereocenters. The number of piperidine rings is 1. The van der Waals surface area contributed by atoms with E-state index in [0.29, 0.717) is 28.8 Å². The highest BCUT2D eigenvalue weighted by Gasteiger charge is 2.28. The molecule has 1 aliphatic rings. The van der Waals surface area contributed by atoms with Crippen LogP contribution in [0.4, 0.5) is 5.69 Å². The number of carbonyl (C=O) groups is 1. The molecule has 7 heteroatoms. The molecule has 5 nitrogen and oxygen atoms in total. The molecule has 0 saturated carbocycles. The number of nitrogens with two attached hydrogens (primary N) is 1. The van der Waals surface area contributed by atoms with Crippen LogP contribution in [0.25, 0.3) is 0 Å². The predicted molar refractivity (Wildman–Crippen MR) is 89.5 cm³/mol. The summed E-state index contributed by atoms with van der Waals surface area (Å²) in [5.41, 5.74) is 6.45. The van der Waals surface area contributed by atoms with Crippen LogP contribution in [-0.2, 0) is 9.53 Å². The van der Waals surface area contributed by atoms with Gasteiger partial charge in [0.15, 0.2) is 0 Å². The number of nitrogens with zero attached hydrogens (tertiary/aromatic N) is 1. The van der Waals surface area contributed by atoms with Gasteiger partial charge < -0.3 is 15.8 Å². The number of ether oxygens (including phenoxy) is 1. The number of anilines is 1. The SMILES string of the molecule is COC1CCN(CC(=O)Nc2ccc(Cl)c(Cl)c2)C(CN)C1. The second-order valence-electron chi connectivity index (χ2n) is 5.42. The highest BCUT2D eigenvalue weighted by molar-refractivity contribution is 6.42. The van der Waals surface area contributed by atoms with Crippen molar-refractivity contribution >= 4 is 34.8 Å². The molecule has 1 saturated heterocycles. The van der Waals surface area contributed by atoms with Gasteiger partial charge >= 0.3 is 0 Å². The van der Waals surface area contributed by atoms with E-state index in [-0.39, 0.29) is 18.1 Å². The fraction of sp³-hybridized carbons (Fsp3) is 0.533. The summed E-state index contributed by atoms with van der Waals surface area (Å²) < 4.78 is 5.39. The second-order valence-corrected chi connectivity index (χ2v) is 6.23. The van der Waals surface area contributed by atoms with Crippen molar-refractivity contribution < 1.29 is 9.53 Å². The first kappa shape index (κ1) is 17.5. The Hall–Kier alpha value is -0.850. The minimum Gasteiger partial charge on any atom is -0.381 e. The molecule has 0 aromatic heterocycles. The van der Waals surface area contributed by atoms with Gasteiger partial charge in [-0.25, -0.2) is 0 Å². The van der Waals surface area contributed by atoms with E-state index in [1.165, 1.54) is 0 Å². The normalized spacial score (nSPS) is 22.5. The smallest absolute Gasteiger partial charge is 0.238 e. The Labute approximate surface area is 140 Å². The summed E-state index contributed by atoms with van der Waals surface area (Å²) in [6, 6.07) is 5.19. The van der Waals surface area contributed by atoms with Crippen LogP contribution in [0.15, 0.2) is 18.2 Å². The molecule has 2 atom stereocenters. The number of halogens is 2. The van der Waals surface area contributed by atoms with Crippen LogP contribution < -0.4 is 11.1 Å². The highest BCUT2D eigenvalue weighted by atomic mass is 35.5. The number of hydrogen-bond acceptors (Lipinski definition) is 4. The lowest BCUT2D eigenvalue weighted by Gasteiger charge is -2.37. The third-order valence-electron chi connectivity index (χ3n) is 3.95.